The van der Waals surface area contributed by atoms with E-state index in [1.165, 1.54) is 0 Å². The normalized spacial score (nSPS) is 13.2. The third-order valence-corrected chi connectivity index (χ3v) is 6.92. The summed E-state index contributed by atoms with van der Waals surface area (Å²) in [6, 6.07) is 18.0. The lowest BCUT2D eigenvalue weighted by Gasteiger charge is -2.38. The van der Waals surface area contributed by atoms with E-state index < -0.39 is 0 Å². The molecule has 0 aromatic heterocycles. The standard InChI is InChI=1S/C29H32Cl2N4O4/c1-38-15-5-10-32-29(37)24-19-23(33-28(36)20-16-21(30)18-22(31)17-20)8-9-25(24)34-11-13-35(14-12-34)26-6-3-4-7-27(26)39-2/h3-4,6-9,16-19H,5,10-15H2,1-2H3,(H,32,37)(H,33,36). The van der Waals surface area contributed by atoms with Gasteiger partial charge in [-0.1, -0.05) is 35.3 Å². The van der Waals surface area contributed by atoms with Gasteiger partial charge in [-0.2, -0.15) is 0 Å². The third kappa shape index (κ3) is 7.35. The molecule has 1 aliphatic heterocycles. The van der Waals surface area contributed by atoms with Gasteiger partial charge in [0.1, 0.15) is 5.75 Å². The number of carbonyl (C=O) groups is 2. The van der Waals surface area contributed by atoms with Gasteiger partial charge in [0.25, 0.3) is 11.8 Å². The zero-order chi connectivity index (χ0) is 27.8. The molecule has 2 N–H and O–H groups in total. The number of hydrogen-bond acceptors (Lipinski definition) is 6. The van der Waals surface area contributed by atoms with Crippen LogP contribution in [0.4, 0.5) is 17.1 Å². The van der Waals surface area contributed by atoms with Gasteiger partial charge < -0.3 is 29.9 Å². The van der Waals surface area contributed by atoms with Crippen LogP contribution in [-0.2, 0) is 4.74 Å². The monoisotopic (exact) mass is 570 g/mol. The molecule has 0 unspecified atom stereocenters. The number of methoxy groups -OCH3 is 2. The van der Waals surface area contributed by atoms with Crippen LogP contribution in [0.5, 0.6) is 5.75 Å². The molecule has 4 rings (SSSR count). The molecule has 0 bridgehead atoms. The zero-order valence-corrected chi connectivity index (χ0v) is 23.5. The minimum atomic E-state index is -0.371. The number of halogens is 2. The first-order valence-electron chi connectivity index (χ1n) is 12.7. The third-order valence-electron chi connectivity index (χ3n) is 6.48. The van der Waals surface area contributed by atoms with Gasteiger partial charge in [0.15, 0.2) is 0 Å². The molecule has 3 aromatic rings. The van der Waals surface area contributed by atoms with E-state index in [0.29, 0.717) is 59.5 Å². The first-order valence-corrected chi connectivity index (χ1v) is 13.5. The Morgan fingerprint density at radius 1 is 0.846 bits per heavy atom. The van der Waals surface area contributed by atoms with E-state index in [-0.39, 0.29) is 11.8 Å². The summed E-state index contributed by atoms with van der Waals surface area (Å²) in [7, 11) is 3.30. The molecule has 1 heterocycles. The van der Waals surface area contributed by atoms with Crippen LogP contribution in [0.1, 0.15) is 27.1 Å². The Hall–Kier alpha value is -3.46. The Labute approximate surface area is 238 Å². The van der Waals surface area contributed by atoms with Crippen LogP contribution in [0, 0.1) is 0 Å². The summed E-state index contributed by atoms with van der Waals surface area (Å²) in [5, 5.41) is 6.56. The molecule has 1 aliphatic rings. The minimum Gasteiger partial charge on any atom is -0.495 e. The first-order chi connectivity index (χ1) is 18.9. The number of nitrogens with one attached hydrogen (secondary N) is 2. The van der Waals surface area contributed by atoms with Crippen LogP contribution in [0.3, 0.4) is 0 Å². The van der Waals surface area contributed by atoms with Crippen LogP contribution in [-0.4, -0.2) is 65.4 Å². The van der Waals surface area contributed by atoms with Crippen molar-refractivity contribution in [3.63, 3.8) is 0 Å². The number of carbonyl (C=O) groups excluding carboxylic acids is 2. The SMILES string of the molecule is COCCCNC(=O)c1cc(NC(=O)c2cc(Cl)cc(Cl)c2)ccc1N1CCN(c2ccccc2OC)CC1. The maximum atomic E-state index is 13.3. The molecular formula is C29H32Cl2N4O4. The maximum absolute atomic E-state index is 13.3. The van der Waals surface area contributed by atoms with Crippen LogP contribution >= 0.6 is 23.2 Å². The Morgan fingerprint density at radius 3 is 2.18 bits per heavy atom. The van der Waals surface area contributed by atoms with Crippen molar-refractivity contribution in [1.29, 1.82) is 0 Å². The summed E-state index contributed by atoms with van der Waals surface area (Å²) in [6.45, 7) is 4.00. The summed E-state index contributed by atoms with van der Waals surface area (Å²) in [5.41, 5.74) is 3.17. The van der Waals surface area contributed by atoms with E-state index >= 15 is 0 Å². The van der Waals surface area contributed by atoms with Gasteiger partial charge in [-0.25, -0.2) is 0 Å². The molecule has 1 fully saturated rings. The quantitative estimate of drug-likeness (QED) is 0.320. The molecule has 0 spiro atoms. The number of nitrogens with zero attached hydrogens (tertiary/aromatic N) is 2. The molecule has 8 nitrogen and oxygen atoms in total. The largest absolute Gasteiger partial charge is 0.495 e. The average Bonchev–Trinajstić information content (AvgIpc) is 2.94. The number of piperazine rings is 1. The van der Waals surface area contributed by atoms with Crippen LogP contribution in [0.25, 0.3) is 0 Å². The lowest BCUT2D eigenvalue weighted by molar-refractivity contribution is 0.0947. The van der Waals surface area contributed by atoms with Crippen molar-refractivity contribution in [2.45, 2.75) is 6.42 Å². The number of hydrogen-bond donors (Lipinski definition) is 2. The highest BCUT2D eigenvalue weighted by atomic mass is 35.5. The second kappa shape index (κ2) is 13.6. The van der Waals surface area contributed by atoms with Gasteiger partial charge in [-0.3, -0.25) is 9.59 Å². The first kappa shape index (κ1) is 28.5. The van der Waals surface area contributed by atoms with E-state index in [4.69, 9.17) is 32.7 Å². The van der Waals surface area contributed by atoms with Gasteiger partial charge in [-0.05, 0) is 55.0 Å². The number of ether oxygens (including phenoxy) is 2. The number of benzene rings is 3. The van der Waals surface area contributed by atoms with Crippen molar-refractivity contribution in [1.82, 2.24) is 5.32 Å². The van der Waals surface area contributed by atoms with Crippen molar-refractivity contribution >= 4 is 52.1 Å². The highest BCUT2D eigenvalue weighted by Crippen LogP contribution is 2.31. The molecule has 0 aliphatic carbocycles. The second-order valence-electron chi connectivity index (χ2n) is 9.09. The highest BCUT2D eigenvalue weighted by molar-refractivity contribution is 6.35. The second-order valence-corrected chi connectivity index (χ2v) is 9.97. The van der Waals surface area contributed by atoms with Gasteiger partial charge in [0, 0.05) is 73.4 Å². The molecule has 206 valence electrons. The summed E-state index contributed by atoms with van der Waals surface area (Å²) >= 11 is 12.1. The molecular weight excluding hydrogens is 539 g/mol. The number of para-hydroxylation sites is 2. The molecule has 0 radical (unpaired) electrons. The maximum Gasteiger partial charge on any atom is 0.255 e. The smallest absolute Gasteiger partial charge is 0.255 e. The van der Waals surface area contributed by atoms with Gasteiger partial charge >= 0.3 is 0 Å². The summed E-state index contributed by atoms with van der Waals surface area (Å²) in [6.07, 6.45) is 0.696. The van der Waals surface area contributed by atoms with Crippen molar-refractivity contribution in [3.05, 3.63) is 81.8 Å². The van der Waals surface area contributed by atoms with E-state index in [1.54, 1.807) is 44.6 Å². The molecule has 1 saturated heterocycles. The molecule has 10 heteroatoms. The van der Waals surface area contributed by atoms with E-state index in [2.05, 4.69) is 26.5 Å². The van der Waals surface area contributed by atoms with Crippen LogP contribution < -0.4 is 25.2 Å². The number of anilines is 3. The van der Waals surface area contributed by atoms with Crippen molar-refractivity contribution in [2.75, 3.05) is 68.7 Å². The molecule has 0 atom stereocenters. The number of amides is 2. The highest BCUT2D eigenvalue weighted by Gasteiger charge is 2.24. The summed E-state index contributed by atoms with van der Waals surface area (Å²) < 4.78 is 10.6. The molecule has 2 amide bonds. The van der Waals surface area contributed by atoms with Gasteiger partial charge in [0.2, 0.25) is 0 Å². The zero-order valence-electron chi connectivity index (χ0n) is 22.0. The lowest BCUT2D eigenvalue weighted by Crippen LogP contribution is -2.47. The van der Waals surface area contributed by atoms with Crippen molar-refractivity contribution in [3.8, 4) is 5.75 Å². The van der Waals surface area contributed by atoms with E-state index in [1.807, 2.05) is 24.3 Å². The minimum absolute atomic E-state index is 0.213. The van der Waals surface area contributed by atoms with Crippen LogP contribution in [0.2, 0.25) is 10.0 Å². The van der Waals surface area contributed by atoms with E-state index in [9.17, 15) is 9.59 Å². The van der Waals surface area contributed by atoms with Crippen LogP contribution in [0.15, 0.2) is 60.7 Å². The Balaban J connectivity index is 1.54. The predicted octanol–water partition coefficient (Wildman–Crippen LogP) is 5.35. The van der Waals surface area contributed by atoms with Gasteiger partial charge in [-0.15, -0.1) is 0 Å². The summed E-state index contributed by atoms with van der Waals surface area (Å²) in [5.74, 6) is 0.252. The predicted molar refractivity (Wildman–Crippen MR) is 157 cm³/mol. The fraction of sp³-hybridized carbons (Fsp3) is 0.310. The fourth-order valence-electron chi connectivity index (χ4n) is 4.55. The molecule has 0 saturated carbocycles. The Morgan fingerprint density at radius 2 is 1.51 bits per heavy atom. The molecule has 3 aromatic carbocycles. The van der Waals surface area contributed by atoms with Gasteiger partial charge in [0.05, 0.1) is 18.4 Å². The number of rotatable bonds is 10. The fourth-order valence-corrected chi connectivity index (χ4v) is 5.08. The van der Waals surface area contributed by atoms with E-state index in [0.717, 1.165) is 30.2 Å². The average molecular weight is 572 g/mol. The Bertz CT molecular complexity index is 1290. The Kier molecular flexibility index (Phi) is 9.92. The lowest BCUT2D eigenvalue weighted by atomic mass is 10.1. The van der Waals surface area contributed by atoms with Crippen molar-refractivity contribution < 1.29 is 19.1 Å². The molecule has 39 heavy (non-hydrogen) atoms. The topological polar surface area (TPSA) is 83.1 Å². The summed E-state index contributed by atoms with van der Waals surface area (Å²) in [4.78, 5) is 30.6. The van der Waals surface area contributed by atoms with Crippen molar-refractivity contribution in [2.24, 2.45) is 0 Å².